The molecule has 170 valence electrons. The van der Waals surface area contributed by atoms with Gasteiger partial charge in [-0.05, 0) is 57.8 Å². The van der Waals surface area contributed by atoms with E-state index in [0.29, 0.717) is 18.9 Å². The third-order valence-corrected chi connectivity index (χ3v) is 8.10. The van der Waals surface area contributed by atoms with E-state index >= 15 is 0 Å². The fourth-order valence-corrected chi connectivity index (χ4v) is 6.10. The summed E-state index contributed by atoms with van der Waals surface area (Å²) in [4.78, 5) is 49.0. The Labute approximate surface area is 188 Å². The molecule has 0 radical (unpaired) electrons. The summed E-state index contributed by atoms with van der Waals surface area (Å²) in [5, 5.41) is 0. The standard InChI is InChI=1S/C23H34N4O3S/c1-17-22(31-16-24-17)23(30)27-12-6-4-7-19(27)18-9-13-25(14-10-18)21(29)15-26-11-5-2-3-8-20(26)28/h16,18-19H,2-15H2,1H3/t19-/m1/s1. The van der Waals surface area contributed by atoms with E-state index in [-0.39, 0.29) is 30.3 Å². The third-order valence-electron chi connectivity index (χ3n) is 7.18. The van der Waals surface area contributed by atoms with Crippen LogP contribution in [0.1, 0.15) is 73.2 Å². The van der Waals surface area contributed by atoms with Crippen LogP contribution in [0.3, 0.4) is 0 Å². The molecule has 4 heterocycles. The fourth-order valence-electron chi connectivity index (χ4n) is 5.34. The zero-order chi connectivity index (χ0) is 21.8. The van der Waals surface area contributed by atoms with Gasteiger partial charge in [0.1, 0.15) is 4.88 Å². The lowest BCUT2D eigenvalue weighted by Crippen LogP contribution is -2.52. The Morgan fingerprint density at radius 2 is 1.81 bits per heavy atom. The first-order valence-corrected chi connectivity index (χ1v) is 12.7. The number of hydrogen-bond acceptors (Lipinski definition) is 5. The summed E-state index contributed by atoms with van der Waals surface area (Å²) >= 11 is 1.44. The van der Waals surface area contributed by atoms with Crippen molar-refractivity contribution in [3.05, 3.63) is 16.1 Å². The first-order chi connectivity index (χ1) is 15.0. The van der Waals surface area contributed by atoms with Crippen LogP contribution in [-0.4, -0.2) is 76.2 Å². The molecule has 8 heteroatoms. The highest BCUT2D eigenvalue weighted by atomic mass is 32.1. The van der Waals surface area contributed by atoms with Gasteiger partial charge in [0.05, 0.1) is 17.7 Å². The van der Waals surface area contributed by atoms with Crippen molar-refractivity contribution in [3.63, 3.8) is 0 Å². The van der Waals surface area contributed by atoms with Gasteiger partial charge >= 0.3 is 0 Å². The molecule has 31 heavy (non-hydrogen) atoms. The molecule has 3 fully saturated rings. The number of carbonyl (C=O) groups is 3. The second-order valence-electron chi connectivity index (χ2n) is 9.17. The Morgan fingerprint density at radius 3 is 2.55 bits per heavy atom. The van der Waals surface area contributed by atoms with Crippen LogP contribution in [0, 0.1) is 12.8 Å². The summed E-state index contributed by atoms with van der Waals surface area (Å²) < 4.78 is 0. The number of rotatable bonds is 4. The van der Waals surface area contributed by atoms with Gasteiger partial charge < -0.3 is 14.7 Å². The monoisotopic (exact) mass is 446 g/mol. The molecule has 1 aromatic heterocycles. The number of aromatic nitrogens is 1. The maximum atomic E-state index is 13.2. The number of aryl methyl sites for hydroxylation is 1. The molecular weight excluding hydrogens is 412 g/mol. The largest absolute Gasteiger partial charge is 0.341 e. The molecule has 0 bridgehead atoms. The van der Waals surface area contributed by atoms with E-state index in [1.807, 2.05) is 11.8 Å². The normalized spacial score (nSPS) is 23.7. The van der Waals surface area contributed by atoms with Gasteiger partial charge in [-0.2, -0.15) is 0 Å². The van der Waals surface area contributed by atoms with Gasteiger partial charge in [0, 0.05) is 38.6 Å². The lowest BCUT2D eigenvalue weighted by atomic mass is 9.83. The van der Waals surface area contributed by atoms with Crippen LogP contribution >= 0.6 is 11.3 Å². The smallest absolute Gasteiger partial charge is 0.266 e. The minimum absolute atomic E-state index is 0.0746. The molecule has 3 saturated heterocycles. The SMILES string of the molecule is Cc1ncsc1C(=O)N1CCCC[C@@H]1C1CCN(C(=O)CN2CCCCCC2=O)CC1. The van der Waals surface area contributed by atoms with Crippen molar-refractivity contribution in [2.45, 2.75) is 70.8 Å². The number of thiazole rings is 1. The summed E-state index contributed by atoms with van der Waals surface area (Å²) in [5.74, 6) is 0.755. The van der Waals surface area contributed by atoms with Crippen LogP contribution < -0.4 is 0 Å². The van der Waals surface area contributed by atoms with E-state index in [2.05, 4.69) is 9.88 Å². The molecule has 4 rings (SSSR count). The van der Waals surface area contributed by atoms with Crippen molar-refractivity contribution in [1.82, 2.24) is 19.7 Å². The highest BCUT2D eigenvalue weighted by Gasteiger charge is 2.37. The molecule has 0 unspecified atom stereocenters. The second kappa shape index (κ2) is 10.1. The predicted octanol–water partition coefficient (Wildman–Crippen LogP) is 3.09. The Hall–Kier alpha value is -1.96. The number of piperidine rings is 2. The lowest BCUT2D eigenvalue weighted by molar-refractivity contribution is -0.141. The van der Waals surface area contributed by atoms with E-state index in [0.717, 1.165) is 81.6 Å². The highest BCUT2D eigenvalue weighted by molar-refractivity contribution is 7.11. The maximum absolute atomic E-state index is 13.2. The Morgan fingerprint density at radius 1 is 1.03 bits per heavy atom. The van der Waals surface area contributed by atoms with E-state index < -0.39 is 0 Å². The van der Waals surface area contributed by atoms with Crippen LogP contribution in [0.5, 0.6) is 0 Å². The second-order valence-corrected chi connectivity index (χ2v) is 10.0. The van der Waals surface area contributed by atoms with E-state index in [4.69, 9.17) is 0 Å². The van der Waals surface area contributed by atoms with Gasteiger partial charge in [0.2, 0.25) is 11.8 Å². The van der Waals surface area contributed by atoms with E-state index in [9.17, 15) is 14.4 Å². The number of nitrogens with zero attached hydrogens (tertiary/aromatic N) is 4. The average molecular weight is 447 g/mol. The van der Waals surface area contributed by atoms with Crippen molar-refractivity contribution in [1.29, 1.82) is 0 Å². The molecule has 3 amide bonds. The summed E-state index contributed by atoms with van der Waals surface area (Å²) in [6.07, 6.45) is 8.68. The van der Waals surface area contributed by atoms with E-state index in [1.165, 1.54) is 11.3 Å². The summed E-state index contributed by atoms with van der Waals surface area (Å²) in [5.41, 5.74) is 2.57. The lowest BCUT2D eigenvalue weighted by Gasteiger charge is -2.43. The minimum atomic E-state index is 0.0746. The minimum Gasteiger partial charge on any atom is -0.341 e. The van der Waals surface area contributed by atoms with Gasteiger partial charge in [-0.15, -0.1) is 11.3 Å². The molecule has 1 atom stereocenters. The van der Waals surface area contributed by atoms with Crippen molar-refractivity contribution < 1.29 is 14.4 Å². The molecule has 0 aromatic carbocycles. The van der Waals surface area contributed by atoms with Crippen molar-refractivity contribution in [3.8, 4) is 0 Å². The average Bonchev–Trinajstić information content (AvgIpc) is 3.12. The molecule has 7 nitrogen and oxygen atoms in total. The summed E-state index contributed by atoms with van der Waals surface area (Å²) in [7, 11) is 0. The zero-order valence-electron chi connectivity index (χ0n) is 18.6. The highest BCUT2D eigenvalue weighted by Crippen LogP contribution is 2.32. The van der Waals surface area contributed by atoms with Gasteiger partial charge in [0.15, 0.2) is 0 Å². The van der Waals surface area contributed by atoms with Crippen molar-refractivity contribution in [2.75, 3.05) is 32.7 Å². The third kappa shape index (κ3) is 5.10. The number of amides is 3. The summed E-state index contributed by atoms with van der Waals surface area (Å²) in [6, 6.07) is 0.257. The Balaban J connectivity index is 1.33. The van der Waals surface area contributed by atoms with Gasteiger partial charge in [-0.25, -0.2) is 4.98 Å². The number of carbonyl (C=O) groups excluding carboxylic acids is 3. The predicted molar refractivity (Wildman–Crippen MR) is 120 cm³/mol. The topological polar surface area (TPSA) is 73.8 Å². The molecule has 0 saturated carbocycles. The van der Waals surface area contributed by atoms with Crippen LogP contribution in [-0.2, 0) is 9.59 Å². The van der Waals surface area contributed by atoms with Crippen molar-refractivity contribution in [2.24, 2.45) is 5.92 Å². The molecule has 0 aliphatic carbocycles. The summed E-state index contributed by atoms with van der Waals surface area (Å²) in [6.45, 7) is 5.10. The van der Waals surface area contributed by atoms with Gasteiger partial charge in [0.25, 0.3) is 5.91 Å². The van der Waals surface area contributed by atoms with Crippen LogP contribution in [0.2, 0.25) is 0 Å². The quantitative estimate of drug-likeness (QED) is 0.712. The zero-order valence-corrected chi connectivity index (χ0v) is 19.4. The van der Waals surface area contributed by atoms with Crippen LogP contribution in [0.15, 0.2) is 5.51 Å². The van der Waals surface area contributed by atoms with Crippen LogP contribution in [0.4, 0.5) is 0 Å². The van der Waals surface area contributed by atoms with Gasteiger partial charge in [-0.3, -0.25) is 14.4 Å². The Bertz CT molecular complexity index is 802. The van der Waals surface area contributed by atoms with Gasteiger partial charge in [-0.1, -0.05) is 6.42 Å². The number of hydrogen-bond donors (Lipinski definition) is 0. The maximum Gasteiger partial charge on any atom is 0.266 e. The molecule has 0 spiro atoms. The molecule has 3 aliphatic heterocycles. The van der Waals surface area contributed by atoms with Crippen LogP contribution in [0.25, 0.3) is 0 Å². The molecule has 1 aromatic rings. The van der Waals surface area contributed by atoms with E-state index in [1.54, 1.807) is 10.4 Å². The molecule has 3 aliphatic rings. The first-order valence-electron chi connectivity index (χ1n) is 11.8. The molecule has 0 N–H and O–H groups in total. The number of likely N-dealkylation sites (tertiary alicyclic amines) is 3. The first kappa shape index (κ1) is 22.2. The van der Waals surface area contributed by atoms with Crippen molar-refractivity contribution >= 4 is 29.1 Å². The fraction of sp³-hybridized carbons (Fsp3) is 0.739. The molecular formula is C23H34N4O3S. The Kier molecular flexibility index (Phi) is 7.25.